The molecule has 2 atom stereocenters. The van der Waals surface area contributed by atoms with Crippen LogP contribution in [0.25, 0.3) is 0 Å². The predicted octanol–water partition coefficient (Wildman–Crippen LogP) is -0.289. The summed E-state index contributed by atoms with van der Waals surface area (Å²) in [5.41, 5.74) is 5.19. The van der Waals surface area contributed by atoms with Gasteiger partial charge in [0, 0.05) is 12.6 Å². The number of nitrogens with two attached hydrogens (primary N) is 1. The van der Waals surface area contributed by atoms with E-state index in [0.717, 1.165) is 0 Å². The number of alkyl halides is 4. The summed E-state index contributed by atoms with van der Waals surface area (Å²) in [5.74, 6) is -6.84. The molecule has 0 aromatic heterocycles. The van der Waals surface area contributed by atoms with Gasteiger partial charge in [-0.1, -0.05) is 0 Å². The molecule has 2 unspecified atom stereocenters. The Kier molecular flexibility index (Phi) is 4.95. The molecule has 0 radical (unpaired) electrons. The highest BCUT2D eigenvalue weighted by atomic mass is 19.3. The van der Waals surface area contributed by atoms with E-state index in [4.69, 9.17) is 10.8 Å². The summed E-state index contributed by atoms with van der Waals surface area (Å²) in [5, 5.41) is 10.4. The van der Waals surface area contributed by atoms with Crippen LogP contribution in [-0.4, -0.2) is 42.1 Å². The van der Waals surface area contributed by atoms with Crippen LogP contribution in [0.4, 0.5) is 17.6 Å². The molecular formula is C7H12F4N2O2. The van der Waals surface area contributed by atoms with Crippen LogP contribution in [-0.2, 0) is 4.79 Å². The number of carbonyl (C=O) groups excluding carboxylic acids is 1. The molecule has 4 nitrogen and oxygen atoms in total. The molecule has 0 aliphatic heterocycles. The van der Waals surface area contributed by atoms with Gasteiger partial charge in [0.05, 0.1) is 6.10 Å². The van der Waals surface area contributed by atoms with Crippen molar-refractivity contribution in [1.82, 2.24) is 5.32 Å². The average molecular weight is 232 g/mol. The Labute approximate surface area is 83.4 Å². The van der Waals surface area contributed by atoms with E-state index >= 15 is 0 Å². The van der Waals surface area contributed by atoms with Gasteiger partial charge in [0.1, 0.15) is 0 Å². The number of hydrogen-bond acceptors (Lipinski definition) is 3. The van der Waals surface area contributed by atoms with E-state index in [1.54, 1.807) is 0 Å². The Hall–Kier alpha value is -0.890. The van der Waals surface area contributed by atoms with Crippen molar-refractivity contribution in [3.63, 3.8) is 0 Å². The number of carbonyl (C=O) groups is 1. The third kappa shape index (κ3) is 4.00. The Bertz CT molecular complexity index is 223. The number of aliphatic hydroxyl groups is 1. The highest BCUT2D eigenvalue weighted by molar-refractivity contribution is 5.83. The summed E-state index contributed by atoms with van der Waals surface area (Å²) in [6.45, 7) is 0.779. The van der Waals surface area contributed by atoms with Gasteiger partial charge >= 0.3 is 12.3 Å². The lowest BCUT2D eigenvalue weighted by Crippen LogP contribution is -2.50. The van der Waals surface area contributed by atoms with Crippen molar-refractivity contribution < 1.29 is 27.5 Å². The number of amides is 1. The summed E-state index contributed by atoms with van der Waals surface area (Å²) in [4.78, 5) is 10.6. The number of hydrogen-bond donors (Lipinski definition) is 3. The van der Waals surface area contributed by atoms with Crippen LogP contribution < -0.4 is 11.1 Å². The molecule has 1 amide bonds. The van der Waals surface area contributed by atoms with Crippen molar-refractivity contribution in [3.05, 3.63) is 0 Å². The van der Waals surface area contributed by atoms with Crippen molar-refractivity contribution >= 4 is 5.91 Å². The number of aliphatic hydroxyl groups excluding tert-OH is 1. The zero-order valence-corrected chi connectivity index (χ0v) is 7.88. The molecular weight excluding hydrogens is 220 g/mol. The Balaban J connectivity index is 4.15. The molecule has 0 aliphatic rings. The summed E-state index contributed by atoms with van der Waals surface area (Å²) in [7, 11) is 0. The fourth-order valence-electron chi connectivity index (χ4n) is 0.598. The maximum Gasteiger partial charge on any atom is 0.383 e. The minimum Gasteiger partial charge on any atom is -0.392 e. The Morgan fingerprint density at radius 3 is 2.33 bits per heavy atom. The molecule has 0 bridgehead atoms. The second kappa shape index (κ2) is 5.26. The minimum atomic E-state index is -4.74. The zero-order valence-electron chi connectivity index (χ0n) is 7.88. The predicted molar refractivity (Wildman–Crippen MR) is 43.6 cm³/mol. The highest BCUT2D eigenvalue weighted by Gasteiger charge is 2.48. The third-order valence-corrected chi connectivity index (χ3v) is 1.69. The van der Waals surface area contributed by atoms with E-state index in [9.17, 15) is 22.4 Å². The summed E-state index contributed by atoms with van der Waals surface area (Å²) >= 11 is 0. The molecule has 8 heteroatoms. The quantitative estimate of drug-likeness (QED) is 0.570. The van der Waals surface area contributed by atoms with Gasteiger partial charge in [0.2, 0.25) is 0 Å². The highest BCUT2D eigenvalue weighted by Crippen LogP contribution is 2.22. The number of rotatable bonds is 5. The first-order valence-electron chi connectivity index (χ1n) is 4.07. The van der Waals surface area contributed by atoms with Crippen molar-refractivity contribution in [2.75, 3.05) is 6.54 Å². The van der Waals surface area contributed by atoms with Gasteiger partial charge in [0.15, 0.2) is 0 Å². The SMILES string of the molecule is CC(O)C(N)CNC(=O)C(F)(F)C(F)F. The molecule has 15 heavy (non-hydrogen) atoms. The van der Waals surface area contributed by atoms with Gasteiger partial charge in [-0.3, -0.25) is 4.79 Å². The van der Waals surface area contributed by atoms with Gasteiger partial charge < -0.3 is 16.2 Å². The normalized spacial score (nSPS) is 16.3. The maximum atomic E-state index is 12.3. The second-order valence-corrected chi connectivity index (χ2v) is 3.04. The van der Waals surface area contributed by atoms with Gasteiger partial charge in [-0.25, -0.2) is 8.78 Å². The van der Waals surface area contributed by atoms with Gasteiger partial charge in [-0.05, 0) is 6.92 Å². The second-order valence-electron chi connectivity index (χ2n) is 3.04. The standard InChI is InChI=1S/C7H12F4N2O2/c1-3(14)4(12)2-13-6(15)7(10,11)5(8)9/h3-5,14H,2,12H2,1H3,(H,13,15). The molecule has 0 saturated heterocycles. The fourth-order valence-corrected chi connectivity index (χ4v) is 0.598. The molecule has 0 rings (SSSR count). The summed E-state index contributed by atoms with van der Waals surface area (Å²) < 4.78 is 48.0. The third-order valence-electron chi connectivity index (χ3n) is 1.69. The lowest BCUT2D eigenvalue weighted by molar-refractivity contribution is -0.169. The molecule has 0 fully saturated rings. The van der Waals surface area contributed by atoms with E-state index in [1.165, 1.54) is 12.2 Å². The van der Waals surface area contributed by atoms with E-state index in [2.05, 4.69) is 0 Å². The summed E-state index contributed by atoms with van der Waals surface area (Å²) in [6, 6.07) is -0.984. The number of halogens is 4. The monoisotopic (exact) mass is 232 g/mol. The van der Waals surface area contributed by atoms with Crippen LogP contribution in [0.5, 0.6) is 0 Å². The molecule has 0 heterocycles. The number of nitrogens with one attached hydrogen (secondary N) is 1. The van der Waals surface area contributed by atoms with Crippen LogP contribution in [0.1, 0.15) is 6.92 Å². The van der Waals surface area contributed by atoms with Crippen molar-refractivity contribution in [1.29, 1.82) is 0 Å². The molecule has 90 valence electrons. The molecule has 0 spiro atoms. The molecule has 0 aromatic rings. The van der Waals surface area contributed by atoms with Crippen LogP contribution in [0.2, 0.25) is 0 Å². The lowest BCUT2D eigenvalue weighted by Gasteiger charge is -2.18. The van der Waals surface area contributed by atoms with Gasteiger partial charge in [0.25, 0.3) is 5.91 Å². The maximum absolute atomic E-state index is 12.3. The first-order valence-corrected chi connectivity index (χ1v) is 4.07. The summed E-state index contributed by atoms with van der Waals surface area (Å²) in [6.07, 6.45) is -5.11. The molecule has 0 saturated carbocycles. The van der Waals surface area contributed by atoms with Gasteiger partial charge in [-0.2, -0.15) is 8.78 Å². The van der Waals surface area contributed by atoms with Gasteiger partial charge in [-0.15, -0.1) is 0 Å². The minimum absolute atomic E-state index is 0.501. The molecule has 0 aromatic carbocycles. The van der Waals surface area contributed by atoms with Crippen LogP contribution in [0.15, 0.2) is 0 Å². The largest absolute Gasteiger partial charge is 0.392 e. The van der Waals surface area contributed by atoms with Crippen LogP contribution >= 0.6 is 0 Å². The first kappa shape index (κ1) is 14.1. The van der Waals surface area contributed by atoms with Crippen molar-refractivity contribution in [2.45, 2.75) is 31.4 Å². The zero-order chi connectivity index (χ0) is 12.2. The smallest absolute Gasteiger partial charge is 0.383 e. The Morgan fingerprint density at radius 2 is 2.00 bits per heavy atom. The lowest BCUT2D eigenvalue weighted by atomic mass is 10.2. The molecule has 4 N–H and O–H groups in total. The van der Waals surface area contributed by atoms with Crippen LogP contribution in [0, 0.1) is 0 Å². The molecule has 0 aliphatic carbocycles. The van der Waals surface area contributed by atoms with E-state index in [-0.39, 0.29) is 0 Å². The first-order chi connectivity index (χ1) is 6.69. The van der Waals surface area contributed by atoms with Crippen molar-refractivity contribution in [2.24, 2.45) is 5.73 Å². The van der Waals surface area contributed by atoms with E-state index in [0.29, 0.717) is 0 Å². The average Bonchev–Trinajstić information content (AvgIpc) is 2.12. The topological polar surface area (TPSA) is 75.3 Å². The van der Waals surface area contributed by atoms with E-state index in [1.807, 2.05) is 0 Å². The fraction of sp³-hybridized carbons (Fsp3) is 0.857. The van der Waals surface area contributed by atoms with E-state index < -0.39 is 36.9 Å². The van der Waals surface area contributed by atoms with Crippen molar-refractivity contribution in [3.8, 4) is 0 Å². The Morgan fingerprint density at radius 1 is 1.53 bits per heavy atom. The van der Waals surface area contributed by atoms with Crippen LogP contribution in [0.3, 0.4) is 0 Å².